The Morgan fingerprint density at radius 2 is 1.93 bits per heavy atom. The summed E-state index contributed by atoms with van der Waals surface area (Å²) < 4.78 is 5.17. The van der Waals surface area contributed by atoms with Crippen LogP contribution in [0.3, 0.4) is 0 Å². The maximum Gasteiger partial charge on any atom is 0.246 e. The van der Waals surface area contributed by atoms with Gasteiger partial charge in [-0.3, -0.25) is 9.79 Å². The van der Waals surface area contributed by atoms with Crippen molar-refractivity contribution in [3.05, 3.63) is 59.7 Å². The first-order valence-corrected chi connectivity index (χ1v) is 9.67. The quantitative estimate of drug-likeness (QED) is 0.597. The largest absolute Gasteiger partial charge is 0.497 e. The van der Waals surface area contributed by atoms with Crippen LogP contribution < -0.4 is 20.3 Å². The minimum atomic E-state index is 0.0604. The van der Waals surface area contributed by atoms with E-state index < -0.39 is 0 Å². The van der Waals surface area contributed by atoms with E-state index in [-0.39, 0.29) is 12.5 Å². The summed E-state index contributed by atoms with van der Waals surface area (Å²) in [6.07, 6.45) is 2.89. The van der Waals surface area contributed by atoms with Gasteiger partial charge in [-0.15, -0.1) is 0 Å². The molecule has 0 fully saturated rings. The summed E-state index contributed by atoms with van der Waals surface area (Å²) >= 11 is 0. The molecule has 0 unspecified atom stereocenters. The maximum absolute atomic E-state index is 12.7. The summed E-state index contributed by atoms with van der Waals surface area (Å²) in [5.74, 6) is 1.55. The number of fused-ring (bicyclic) bond motifs is 1. The number of hydrogen-bond acceptors (Lipinski definition) is 3. The van der Waals surface area contributed by atoms with Gasteiger partial charge in [0.05, 0.1) is 13.7 Å². The van der Waals surface area contributed by atoms with E-state index in [0.717, 1.165) is 43.8 Å². The van der Waals surface area contributed by atoms with Crippen LogP contribution in [0.25, 0.3) is 0 Å². The number of anilines is 1. The molecule has 0 bridgehead atoms. The average molecular weight is 380 g/mol. The zero-order valence-electron chi connectivity index (χ0n) is 16.6. The van der Waals surface area contributed by atoms with Gasteiger partial charge in [-0.05, 0) is 48.6 Å². The Kier molecular flexibility index (Phi) is 6.89. The van der Waals surface area contributed by atoms with Crippen molar-refractivity contribution < 1.29 is 9.53 Å². The van der Waals surface area contributed by atoms with Crippen molar-refractivity contribution in [2.24, 2.45) is 4.99 Å². The molecule has 3 rings (SSSR count). The molecule has 1 heterocycles. The molecule has 2 aromatic carbocycles. The number of carbonyl (C=O) groups excluding carboxylic acids is 1. The number of para-hydroxylation sites is 1. The molecule has 2 aromatic rings. The number of nitrogens with zero attached hydrogens (tertiary/aromatic N) is 2. The highest BCUT2D eigenvalue weighted by molar-refractivity contribution is 5.98. The Morgan fingerprint density at radius 3 is 2.68 bits per heavy atom. The number of ether oxygens (including phenoxy) is 1. The van der Waals surface area contributed by atoms with Gasteiger partial charge in [0.25, 0.3) is 0 Å². The number of nitrogens with one attached hydrogen (secondary N) is 2. The average Bonchev–Trinajstić information content (AvgIpc) is 2.76. The van der Waals surface area contributed by atoms with Crippen molar-refractivity contribution in [1.82, 2.24) is 10.6 Å². The molecule has 1 amide bonds. The second kappa shape index (κ2) is 9.78. The molecule has 0 saturated carbocycles. The summed E-state index contributed by atoms with van der Waals surface area (Å²) in [6, 6.07) is 16.1. The van der Waals surface area contributed by atoms with Crippen LogP contribution in [0.5, 0.6) is 5.75 Å². The molecule has 0 aliphatic carbocycles. The first-order valence-electron chi connectivity index (χ1n) is 9.67. The van der Waals surface area contributed by atoms with Gasteiger partial charge in [0.2, 0.25) is 5.91 Å². The van der Waals surface area contributed by atoms with E-state index in [4.69, 9.17) is 4.74 Å². The van der Waals surface area contributed by atoms with Gasteiger partial charge in [-0.1, -0.05) is 30.3 Å². The van der Waals surface area contributed by atoms with E-state index in [2.05, 4.69) is 21.7 Å². The molecule has 148 valence electrons. The Morgan fingerprint density at radius 1 is 1.14 bits per heavy atom. The molecular weight excluding hydrogens is 352 g/mol. The van der Waals surface area contributed by atoms with Gasteiger partial charge in [0, 0.05) is 25.8 Å². The van der Waals surface area contributed by atoms with Crippen molar-refractivity contribution in [2.75, 3.05) is 38.7 Å². The van der Waals surface area contributed by atoms with Crippen molar-refractivity contribution in [2.45, 2.75) is 19.3 Å². The molecule has 28 heavy (non-hydrogen) atoms. The first kappa shape index (κ1) is 19.7. The monoisotopic (exact) mass is 380 g/mol. The Bertz CT molecular complexity index is 818. The molecule has 0 radical (unpaired) electrons. The van der Waals surface area contributed by atoms with Crippen molar-refractivity contribution >= 4 is 17.6 Å². The van der Waals surface area contributed by atoms with Gasteiger partial charge < -0.3 is 20.3 Å². The van der Waals surface area contributed by atoms with Crippen molar-refractivity contribution in [3.8, 4) is 5.75 Å². The smallest absolute Gasteiger partial charge is 0.246 e. The van der Waals surface area contributed by atoms with Gasteiger partial charge >= 0.3 is 0 Å². The molecule has 0 saturated heterocycles. The summed E-state index contributed by atoms with van der Waals surface area (Å²) in [5, 5.41) is 6.39. The molecule has 6 heteroatoms. The SMILES string of the molecule is CN=C(NCCc1ccc(OC)cc1)NCC(=O)N1CCCc2ccccc21. The summed E-state index contributed by atoms with van der Waals surface area (Å²) in [7, 11) is 3.37. The summed E-state index contributed by atoms with van der Waals surface area (Å²) in [6.45, 7) is 1.71. The second-order valence-electron chi connectivity index (χ2n) is 6.73. The molecule has 6 nitrogen and oxygen atoms in total. The Labute approximate surface area is 166 Å². The highest BCUT2D eigenvalue weighted by atomic mass is 16.5. The fourth-order valence-corrected chi connectivity index (χ4v) is 3.39. The number of amides is 1. The minimum absolute atomic E-state index is 0.0604. The van der Waals surface area contributed by atoms with E-state index in [0.29, 0.717) is 5.96 Å². The molecule has 0 aromatic heterocycles. The summed E-state index contributed by atoms with van der Waals surface area (Å²) in [5.41, 5.74) is 3.48. The van der Waals surface area contributed by atoms with E-state index in [1.165, 1.54) is 11.1 Å². The van der Waals surface area contributed by atoms with Gasteiger partial charge in [-0.25, -0.2) is 0 Å². The third-order valence-electron chi connectivity index (χ3n) is 4.91. The predicted molar refractivity (Wildman–Crippen MR) is 113 cm³/mol. The van der Waals surface area contributed by atoms with Crippen LogP contribution in [0, 0.1) is 0 Å². The summed E-state index contributed by atoms with van der Waals surface area (Å²) in [4.78, 5) is 18.8. The van der Waals surface area contributed by atoms with Gasteiger partial charge in [0.1, 0.15) is 5.75 Å². The van der Waals surface area contributed by atoms with E-state index in [1.54, 1.807) is 14.2 Å². The van der Waals surface area contributed by atoms with Crippen molar-refractivity contribution in [3.63, 3.8) is 0 Å². The number of guanidine groups is 1. The Hall–Kier alpha value is -3.02. The molecule has 1 aliphatic rings. The van der Waals surface area contributed by atoms with E-state index >= 15 is 0 Å². The lowest BCUT2D eigenvalue weighted by molar-refractivity contribution is -0.117. The second-order valence-corrected chi connectivity index (χ2v) is 6.73. The topological polar surface area (TPSA) is 66.0 Å². The zero-order chi connectivity index (χ0) is 19.8. The lowest BCUT2D eigenvalue weighted by Gasteiger charge is -2.29. The standard InChI is InChI=1S/C22H28N4O2/c1-23-22(24-14-13-17-9-11-19(28-2)12-10-17)25-16-21(27)26-15-5-7-18-6-3-4-8-20(18)26/h3-4,6,8-12H,5,7,13-16H2,1-2H3,(H2,23,24,25). The van der Waals surface area contributed by atoms with Crippen LogP contribution in [0.15, 0.2) is 53.5 Å². The Balaban J connectivity index is 1.47. The van der Waals surface area contributed by atoms with Crippen LogP contribution in [0.4, 0.5) is 5.69 Å². The fourth-order valence-electron chi connectivity index (χ4n) is 3.39. The normalized spacial score (nSPS) is 13.6. The fraction of sp³-hybridized carbons (Fsp3) is 0.364. The highest BCUT2D eigenvalue weighted by Gasteiger charge is 2.21. The van der Waals surface area contributed by atoms with Crippen LogP contribution in [0.2, 0.25) is 0 Å². The molecule has 0 spiro atoms. The number of rotatable bonds is 6. The minimum Gasteiger partial charge on any atom is -0.497 e. The number of aliphatic imine (C=N–C) groups is 1. The van der Waals surface area contributed by atoms with Crippen LogP contribution in [0.1, 0.15) is 17.5 Å². The highest BCUT2D eigenvalue weighted by Crippen LogP contribution is 2.26. The van der Waals surface area contributed by atoms with Crippen molar-refractivity contribution in [1.29, 1.82) is 0 Å². The van der Waals surface area contributed by atoms with E-state index in [1.807, 2.05) is 47.4 Å². The molecule has 0 atom stereocenters. The third-order valence-corrected chi connectivity index (χ3v) is 4.91. The van der Waals surface area contributed by atoms with Gasteiger partial charge in [-0.2, -0.15) is 0 Å². The first-order chi connectivity index (χ1) is 13.7. The van der Waals surface area contributed by atoms with Crippen LogP contribution >= 0.6 is 0 Å². The number of benzene rings is 2. The molecular formula is C22H28N4O2. The zero-order valence-corrected chi connectivity index (χ0v) is 16.6. The van der Waals surface area contributed by atoms with Crippen LogP contribution in [-0.2, 0) is 17.6 Å². The van der Waals surface area contributed by atoms with Crippen LogP contribution in [-0.4, -0.2) is 45.7 Å². The number of methoxy groups -OCH3 is 1. The lowest BCUT2D eigenvalue weighted by atomic mass is 10.0. The maximum atomic E-state index is 12.7. The number of carbonyl (C=O) groups is 1. The third kappa shape index (κ3) is 5.03. The number of aryl methyl sites for hydroxylation is 1. The molecule has 1 aliphatic heterocycles. The predicted octanol–water partition coefficient (Wildman–Crippen LogP) is 2.38. The number of hydrogen-bond donors (Lipinski definition) is 2. The lowest BCUT2D eigenvalue weighted by Crippen LogP contribution is -2.46. The van der Waals surface area contributed by atoms with E-state index in [9.17, 15) is 4.79 Å². The molecule has 2 N–H and O–H groups in total. The van der Waals surface area contributed by atoms with Gasteiger partial charge in [0.15, 0.2) is 5.96 Å².